The van der Waals surface area contributed by atoms with Crippen molar-refractivity contribution in [1.82, 2.24) is 0 Å². The van der Waals surface area contributed by atoms with E-state index in [0.29, 0.717) is 0 Å². The lowest BCUT2D eigenvalue weighted by atomic mass is 9.94. The summed E-state index contributed by atoms with van der Waals surface area (Å²) in [6.45, 7) is -1.52. The molecule has 0 spiro atoms. The number of carbonyl (C=O) groups is 1. The largest absolute Gasteiger partial charge is 0.480 e. The van der Waals surface area contributed by atoms with E-state index in [1.54, 1.807) is 0 Å². The van der Waals surface area contributed by atoms with Crippen molar-refractivity contribution in [3.63, 3.8) is 0 Å². The van der Waals surface area contributed by atoms with Gasteiger partial charge in [-0.15, -0.1) is 0 Å². The van der Waals surface area contributed by atoms with Crippen LogP contribution in [0.2, 0.25) is 0 Å². The quantitative estimate of drug-likeness (QED) is 0.0809. The lowest BCUT2D eigenvalue weighted by Gasteiger charge is -2.52. The Morgan fingerprint density at radius 3 is 0.485 bits per heavy atom. The van der Waals surface area contributed by atoms with Crippen molar-refractivity contribution in [2.45, 2.75) is 215 Å². The smallest absolute Gasteiger partial charge is 0.329 e. The maximum atomic E-state index is 12.6. The fourth-order valence-corrected chi connectivity index (χ4v) is 14.9. The summed E-state index contributed by atoms with van der Waals surface area (Å²) in [4.78, 5) is 12.6. The van der Waals surface area contributed by atoms with Gasteiger partial charge in [0, 0.05) is 142 Å². The van der Waals surface area contributed by atoms with Gasteiger partial charge in [0.05, 0.1) is 46.2 Å². The number of rotatable bonds is 30. The molecule has 0 radical (unpaired) electrons. The van der Waals surface area contributed by atoms with Gasteiger partial charge in [0.1, 0.15) is 178 Å². The fourth-order valence-electron chi connectivity index (χ4n) is 14.9. The van der Waals surface area contributed by atoms with Crippen LogP contribution < -0.4 is 0 Å². The van der Waals surface area contributed by atoms with Crippen molar-refractivity contribution >= 4 is 5.97 Å². The molecular weight excluding hydrogens is 1360 g/mol. The monoisotopic (exact) mass is 1470 g/mol. The molecule has 0 amide bonds. The summed E-state index contributed by atoms with van der Waals surface area (Å²) in [5, 5.41) is 10.2. The highest BCUT2D eigenvalue weighted by Gasteiger charge is 2.62. The number of hydrogen-bond donors (Lipinski definition) is 1. The first kappa shape index (κ1) is 84.7. The molecule has 14 bridgehead atoms. The number of ether oxygens (including phenoxy) is 35. The van der Waals surface area contributed by atoms with Crippen molar-refractivity contribution in [3.05, 3.63) is 0 Å². The molecule has 101 heavy (non-hydrogen) atoms. The van der Waals surface area contributed by atoms with Gasteiger partial charge in [-0.25, -0.2) is 4.79 Å². The second-order valence-electron chi connectivity index (χ2n) is 25.0. The van der Waals surface area contributed by atoms with E-state index in [0.717, 1.165) is 0 Å². The van der Waals surface area contributed by atoms with E-state index in [1.165, 1.54) is 142 Å². The Bertz CT molecular complexity index is 2310. The van der Waals surface area contributed by atoms with Crippen LogP contribution in [0.1, 0.15) is 0 Å². The molecule has 1 N–H and O–H groups in total. The minimum atomic E-state index is -1.42. The average Bonchev–Trinajstić information content (AvgIpc) is 0.774. The molecule has 21 heterocycles. The van der Waals surface area contributed by atoms with Crippen LogP contribution in [0.15, 0.2) is 0 Å². The van der Waals surface area contributed by atoms with Crippen LogP contribution in [-0.4, -0.2) is 421 Å². The minimum Gasteiger partial charge on any atom is -0.480 e. The zero-order chi connectivity index (χ0) is 73.2. The van der Waals surface area contributed by atoms with Crippen LogP contribution in [0.3, 0.4) is 0 Å². The highest BCUT2D eigenvalue weighted by molar-refractivity contribution is 5.68. The van der Waals surface area contributed by atoms with Gasteiger partial charge in [-0.2, -0.15) is 0 Å². The fraction of sp³-hybridized carbons (Fsp3) is 0.984. The van der Waals surface area contributed by atoms with E-state index in [2.05, 4.69) is 0 Å². The number of carboxylic acids is 1. The van der Waals surface area contributed by atoms with E-state index >= 15 is 0 Å². The summed E-state index contributed by atoms with van der Waals surface area (Å²) >= 11 is 0. The van der Waals surface area contributed by atoms with Crippen molar-refractivity contribution in [3.8, 4) is 0 Å². The molecule has 0 aromatic rings. The van der Waals surface area contributed by atoms with Crippen molar-refractivity contribution < 1.29 is 176 Å². The van der Waals surface area contributed by atoms with Crippen LogP contribution in [0.5, 0.6) is 0 Å². The molecule has 21 rings (SSSR count). The molecule has 21 aliphatic rings. The number of methoxy groups -OCH3 is 20. The standard InChI is InChI=1S/C64H112O37/c1-67-21-29-37-44(74-8)52(81-15)59(89-29)97-39-31(23-69-3)91-61(54(83-17)46(39)76-10)99-41-33(25-71-5)93-63(56(85-19)48(41)78-12)101-43-35(27-73-7)94-64(57(86-20)50(43)87-28-36(65)66)100-42-34(26-72-6)92-62(55(84-18)49(42)79-13)98-40-32(24-70-4)90-60(53(82-16)47(40)77-11)96-38-30(22-68-2)88-58(95-37)51(80-14)45(38)75-9/h29-35,37-64H,21-28H2,1-20H3,(H,65,66)/t29-,30-,31-,32-,33-,34-,35-,37-,38-,39-,40-,41-,42-,43-,44+,45+,46+,47+,48+,49+,50+,51-,52-,53-,54-,55-,56-,57-,58-,59-,60-,61-,62-,63-,64-/m1/s1. The van der Waals surface area contributed by atoms with Gasteiger partial charge in [-0.05, 0) is 0 Å². The van der Waals surface area contributed by atoms with Gasteiger partial charge in [-0.1, -0.05) is 0 Å². The average molecular weight is 1470 g/mol. The summed E-state index contributed by atoms with van der Waals surface area (Å²) in [5.41, 5.74) is 0. The predicted molar refractivity (Wildman–Crippen MR) is 336 cm³/mol. The molecule has 21 aliphatic heterocycles. The van der Waals surface area contributed by atoms with Gasteiger partial charge < -0.3 is 171 Å². The van der Waals surface area contributed by atoms with Crippen LogP contribution >= 0.6 is 0 Å². The van der Waals surface area contributed by atoms with E-state index < -0.39 is 228 Å². The Morgan fingerprint density at radius 1 is 0.218 bits per heavy atom. The molecule has 21 saturated heterocycles. The summed E-state index contributed by atoms with van der Waals surface area (Å²) in [5.74, 6) is -1.31. The SMILES string of the molecule is COC[C@H]1O[C@@H]2O[C@H]3[C@H](OC)[C@@H](OC)[C@@H](O[C@H]4[C@H](OC)[C@@H](OC)[C@@H](O[C@H]5[C@H](OC)[C@@H](OC)[C@@H](O[C@H]6[C@H](OCC(=O)O)[C@@H](OC)[C@@H](O[C@H]7[C@H](OC)[C@@H](OC)[C@@H](O[C@H]8[C@H](OC)[C@@H](OC)[C@@H](O[C@H]1[C@H](OC)[C@H]2OC)O[C@@H]8COC)O[C@@H]7COC)O[C@@H]6COC)O[C@@H]5COC)O[C@@H]4COC)O[C@@H]3COC. The molecule has 590 valence electrons. The van der Waals surface area contributed by atoms with Crippen LogP contribution in [0, 0.1) is 0 Å². The lowest BCUT2D eigenvalue weighted by molar-refractivity contribution is -0.403. The van der Waals surface area contributed by atoms with Crippen molar-refractivity contribution in [1.29, 1.82) is 0 Å². The van der Waals surface area contributed by atoms with Crippen molar-refractivity contribution in [2.75, 3.05) is 195 Å². The zero-order valence-electron chi connectivity index (χ0n) is 61.5. The van der Waals surface area contributed by atoms with E-state index in [1.807, 2.05) is 0 Å². The molecule has 0 unspecified atom stereocenters. The molecule has 21 fully saturated rings. The van der Waals surface area contributed by atoms with Crippen LogP contribution in [-0.2, 0) is 171 Å². The molecule has 0 aliphatic carbocycles. The van der Waals surface area contributed by atoms with E-state index in [4.69, 9.17) is 166 Å². The molecule has 0 aromatic carbocycles. The van der Waals surface area contributed by atoms with Crippen molar-refractivity contribution in [2.24, 2.45) is 0 Å². The molecule has 37 nitrogen and oxygen atoms in total. The van der Waals surface area contributed by atoms with Gasteiger partial charge in [0.25, 0.3) is 0 Å². The Kier molecular flexibility index (Phi) is 34.9. The summed E-state index contributed by atoms with van der Waals surface area (Å²) in [7, 11) is 29.4. The maximum absolute atomic E-state index is 12.6. The van der Waals surface area contributed by atoms with Gasteiger partial charge in [0.15, 0.2) is 44.0 Å². The second-order valence-corrected chi connectivity index (χ2v) is 25.0. The Morgan fingerprint density at radius 2 is 0.356 bits per heavy atom. The lowest BCUT2D eigenvalue weighted by Crippen LogP contribution is -2.69. The molecule has 35 atom stereocenters. The normalized spacial score (nSPS) is 45.0. The van der Waals surface area contributed by atoms with E-state index in [-0.39, 0.29) is 46.2 Å². The summed E-state index contributed by atoms with van der Waals surface area (Å²) < 4.78 is 225. The van der Waals surface area contributed by atoms with E-state index in [9.17, 15) is 9.90 Å². The molecular formula is C64H112O37. The highest BCUT2D eigenvalue weighted by Crippen LogP contribution is 2.43. The van der Waals surface area contributed by atoms with Gasteiger partial charge in [0.2, 0.25) is 0 Å². The number of hydrogen-bond acceptors (Lipinski definition) is 36. The second kappa shape index (κ2) is 41.6. The first-order valence-electron chi connectivity index (χ1n) is 33.3. The number of aliphatic carboxylic acids is 1. The first-order chi connectivity index (χ1) is 49.0. The Labute approximate surface area is 590 Å². The van der Waals surface area contributed by atoms with Crippen LogP contribution in [0.4, 0.5) is 0 Å². The topological polar surface area (TPSA) is 360 Å². The summed E-state index contributed by atoms with van der Waals surface area (Å²) in [6, 6.07) is 0. The van der Waals surface area contributed by atoms with Crippen LogP contribution in [0.25, 0.3) is 0 Å². The zero-order valence-corrected chi connectivity index (χ0v) is 61.5. The van der Waals surface area contributed by atoms with Gasteiger partial charge in [-0.3, -0.25) is 0 Å². The first-order valence-corrected chi connectivity index (χ1v) is 33.3. The third-order valence-electron chi connectivity index (χ3n) is 19.4. The predicted octanol–water partition coefficient (Wildman–Crippen LogP) is -2.04. The highest BCUT2D eigenvalue weighted by atomic mass is 16.8. The molecule has 37 heteroatoms. The number of carboxylic acid groups (broad SMARTS) is 1. The van der Waals surface area contributed by atoms with Gasteiger partial charge >= 0.3 is 5.97 Å². The summed E-state index contributed by atoms with van der Waals surface area (Å²) in [6.07, 6.45) is -39.0. The Hall–Kier alpha value is -1.93. The third kappa shape index (κ3) is 19.0. The molecule has 0 saturated carbocycles. The maximum Gasteiger partial charge on any atom is 0.329 e. The Balaban J connectivity index is 1.25. The molecule has 0 aromatic heterocycles. The minimum absolute atomic E-state index is 0.0598. The third-order valence-corrected chi connectivity index (χ3v) is 19.4.